The second-order valence-corrected chi connectivity index (χ2v) is 7.42. The second-order valence-electron chi connectivity index (χ2n) is 5.31. The van der Waals surface area contributed by atoms with Gasteiger partial charge in [-0.25, -0.2) is 8.42 Å². The minimum atomic E-state index is -3.24. The van der Waals surface area contributed by atoms with E-state index in [9.17, 15) is 8.42 Å². The molecule has 0 heterocycles. The molecule has 0 bridgehead atoms. The van der Waals surface area contributed by atoms with E-state index in [4.69, 9.17) is 5.26 Å². The molecule has 0 spiro atoms. The lowest BCUT2D eigenvalue weighted by Crippen LogP contribution is -2.09. The summed E-state index contributed by atoms with van der Waals surface area (Å²) in [4.78, 5) is 0.368. The van der Waals surface area contributed by atoms with Crippen LogP contribution in [0.4, 0.5) is 0 Å². The van der Waals surface area contributed by atoms with E-state index in [1.165, 1.54) is 0 Å². The third-order valence-electron chi connectivity index (χ3n) is 3.61. The van der Waals surface area contributed by atoms with Gasteiger partial charge in [-0.15, -0.1) is 0 Å². The number of hydrogen-bond acceptors (Lipinski definition) is 4. The number of nitrogens with one attached hydrogen (secondary N) is 1. The highest BCUT2D eigenvalue weighted by atomic mass is 32.2. The molecule has 0 aliphatic rings. The molecular formula is C18H20N2O2S. The maximum absolute atomic E-state index is 12.3. The van der Waals surface area contributed by atoms with E-state index in [0.29, 0.717) is 17.9 Å². The SMILES string of the molecule is N#CNCCCCCS(=O)(=O)c1ccc(-c2ccccc2)cc1. The maximum Gasteiger partial charge on any atom is 0.178 e. The summed E-state index contributed by atoms with van der Waals surface area (Å²) in [6.07, 6.45) is 4.05. The van der Waals surface area contributed by atoms with Gasteiger partial charge in [0.2, 0.25) is 0 Å². The van der Waals surface area contributed by atoms with Crippen LogP contribution in [-0.4, -0.2) is 20.7 Å². The van der Waals surface area contributed by atoms with Crippen LogP contribution in [0.15, 0.2) is 59.5 Å². The molecule has 0 radical (unpaired) electrons. The molecule has 1 N–H and O–H groups in total. The molecular weight excluding hydrogens is 308 g/mol. The lowest BCUT2D eigenvalue weighted by Gasteiger charge is -2.06. The minimum Gasteiger partial charge on any atom is -0.324 e. The van der Waals surface area contributed by atoms with Crippen LogP contribution in [-0.2, 0) is 9.84 Å². The summed E-state index contributed by atoms with van der Waals surface area (Å²) < 4.78 is 24.6. The zero-order valence-corrected chi connectivity index (χ0v) is 13.7. The first-order valence-corrected chi connectivity index (χ1v) is 9.29. The molecule has 0 aliphatic heterocycles. The van der Waals surface area contributed by atoms with Crippen LogP contribution < -0.4 is 5.32 Å². The third kappa shape index (κ3) is 5.11. The summed E-state index contributed by atoms with van der Waals surface area (Å²) >= 11 is 0. The number of nitriles is 1. The Balaban J connectivity index is 1.94. The fourth-order valence-electron chi connectivity index (χ4n) is 2.34. The zero-order valence-electron chi connectivity index (χ0n) is 12.9. The summed E-state index contributed by atoms with van der Waals surface area (Å²) in [7, 11) is -3.24. The van der Waals surface area contributed by atoms with Crippen molar-refractivity contribution in [1.82, 2.24) is 5.32 Å². The Kier molecular flexibility index (Phi) is 6.19. The fraction of sp³-hybridized carbons (Fsp3) is 0.278. The van der Waals surface area contributed by atoms with Gasteiger partial charge in [0.15, 0.2) is 16.0 Å². The highest BCUT2D eigenvalue weighted by molar-refractivity contribution is 7.91. The van der Waals surface area contributed by atoms with E-state index >= 15 is 0 Å². The van der Waals surface area contributed by atoms with Crippen LogP contribution in [0.2, 0.25) is 0 Å². The molecule has 0 unspecified atom stereocenters. The van der Waals surface area contributed by atoms with Crippen molar-refractivity contribution in [1.29, 1.82) is 5.26 Å². The molecule has 2 rings (SSSR count). The second kappa shape index (κ2) is 8.35. The van der Waals surface area contributed by atoms with Crippen LogP contribution >= 0.6 is 0 Å². The van der Waals surface area contributed by atoms with E-state index in [-0.39, 0.29) is 5.75 Å². The molecule has 0 aliphatic carbocycles. The van der Waals surface area contributed by atoms with Crippen molar-refractivity contribution in [2.75, 3.05) is 12.3 Å². The third-order valence-corrected chi connectivity index (χ3v) is 5.43. The average molecular weight is 328 g/mol. The van der Waals surface area contributed by atoms with Gasteiger partial charge in [0.05, 0.1) is 10.6 Å². The van der Waals surface area contributed by atoms with Crippen LogP contribution in [0.5, 0.6) is 0 Å². The first-order valence-electron chi connectivity index (χ1n) is 7.64. The Hall–Kier alpha value is -2.32. The summed E-state index contributed by atoms with van der Waals surface area (Å²) in [6, 6.07) is 16.9. The normalized spacial score (nSPS) is 10.9. The topological polar surface area (TPSA) is 70.0 Å². The molecule has 0 aromatic heterocycles. The molecule has 0 atom stereocenters. The fourth-order valence-corrected chi connectivity index (χ4v) is 3.71. The zero-order chi connectivity index (χ0) is 16.5. The smallest absolute Gasteiger partial charge is 0.178 e. The molecule has 2 aromatic carbocycles. The highest BCUT2D eigenvalue weighted by Gasteiger charge is 2.13. The number of rotatable bonds is 8. The predicted molar refractivity (Wildman–Crippen MR) is 91.4 cm³/mol. The Morgan fingerprint density at radius 3 is 2.17 bits per heavy atom. The monoisotopic (exact) mass is 328 g/mol. The molecule has 0 saturated heterocycles. The molecule has 0 amide bonds. The van der Waals surface area contributed by atoms with Gasteiger partial charge < -0.3 is 5.32 Å². The van der Waals surface area contributed by atoms with Crippen molar-refractivity contribution in [3.63, 3.8) is 0 Å². The number of unbranched alkanes of at least 4 members (excludes halogenated alkanes) is 2. The first kappa shape index (κ1) is 17.0. The van der Waals surface area contributed by atoms with Gasteiger partial charge in [0.25, 0.3) is 0 Å². The van der Waals surface area contributed by atoms with Gasteiger partial charge in [0.1, 0.15) is 0 Å². The quantitative estimate of drug-likeness (QED) is 0.458. The van der Waals surface area contributed by atoms with Gasteiger partial charge in [-0.05, 0) is 36.1 Å². The van der Waals surface area contributed by atoms with Crippen LogP contribution in [0.1, 0.15) is 19.3 Å². The van der Waals surface area contributed by atoms with Gasteiger partial charge in [-0.2, -0.15) is 5.26 Å². The van der Waals surface area contributed by atoms with Crippen molar-refractivity contribution < 1.29 is 8.42 Å². The van der Waals surface area contributed by atoms with Crippen molar-refractivity contribution in [2.24, 2.45) is 0 Å². The van der Waals surface area contributed by atoms with Crippen LogP contribution in [0.3, 0.4) is 0 Å². The van der Waals surface area contributed by atoms with Crippen molar-refractivity contribution >= 4 is 9.84 Å². The Labute approximate surface area is 137 Å². The van der Waals surface area contributed by atoms with Crippen molar-refractivity contribution in [3.05, 3.63) is 54.6 Å². The lowest BCUT2D eigenvalue weighted by molar-refractivity contribution is 0.589. The van der Waals surface area contributed by atoms with Crippen molar-refractivity contribution in [2.45, 2.75) is 24.2 Å². The lowest BCUT2D eigenvalue weighted by atomic mass is 10.1. The number of benzene rings is 2. The molecule has 0 saturated carbocycles. The number of nitrogens with zero attached hydrogens (tertiary/aromatic N) is 1. The van der Waals surface area contributed by atoms with E-state index in [1.807, 2.05) is 48.7 Å². The molecule has 2 aromatic rings. The van der Waals surface area contributed by atoms with Gasteiger partial charge in [-0.3, -0.25) is 0 Å². The van der Waals surface area contributed by atoms with E-state index < -0.39 is 9.84 Å². The summed E-state index contributed by atoms with van der Waals surface area (Å²) in [5.41, 5.74) is 2.08. The minimum absolute atomic E-state index is 0.143. The molecule has 0 fully saturated rings. The Morgan fingerprint density at radius 1 is 0.870 bits per heavy atom. The largest absolute Gasteiger partial charge is 0.324 e. The predicted octanol–water partition coefficient (Wildman–Crippen LogP) is 3.37. The van der Waals surface area contributed by atoms with Crippen LogP contribution in [0.25, 0.3) is 11.1 Å². The highest BCUT2D eigenvalue weighted by Crippen LogP contribution is 2.22. The molecule has 5 heteroatoms. The van der Waals surface area contributed by atoms with Gasteiger partial charge in [0, 0.05) is 6.54 Å². The number of hydrogen-bond donors (Lipinski definition) is 1. The summed E-state index contributed by atoms with van der Waals surface area (Å²) in [6.45, 7) is 0.600. The van der Waals surface area contributed by atoms with E-state index in [1.54, 1.807) is 12.1 Å². The first-order chi connectivity index (χ1) is 11.1. The molecule has 120 valence electrons. The van der Waals surface area contributed by atoms with Gasteiger partial charge >= 0.3 is 0 Å². The maximum atomic E-state index is 12.3. The average Bonchev–Trinajstić information content (AvgIpc) is 2.59. The van der Waals surface area contributed by atoms with Gasteiger partial charge in [-0.1, -0.05) is 48.9 Å². The Morgan fingerprint density at radius 2 is 1.52 bits per heavy atom. The molecule has 23 heavy (non-hydrogen) atoms. The summed E-state index contributed by atoms with van der Waals surface area (Å²) in [5, 5.41) is 10.9. The number of sulfone groups is 1. The van der Waals surface area contributed by atoms with Crippen molar-refractivity contribution in [3.8, 4) is 17.3 Å². The van der Waals surface area contributed by atoms with E-state index in [0.717, 1.165) is 24.0 Å². The Bertz CT molecular complexity index is 748. The molecule has 4 nitrogen and oxygen atoms in total. The summed E-state index contributed by atoms with van der Waals surface area (Å²) in [5.74, 6) is 0.143. The van der Waals surface area contributed by atoms with Crippen LogP contribution in [0, 0.1) is 11.5 Å². The standard InChI is InChI=1S/C18H20N2O2S/c19-15-20-13-5-2-6-14-23(21,22)18-11-9-17(10-12-18)16-7-3-1-4-8-16/h1,3-4,7-12,20H,2,5-6,13-14H2. The van der Waals surface area contributed by atoms with E-state index in [2.05, 4.69) is 5.32 Å².